The molecule has 0 aliphatic rings. The van der Waals surface area contributed by atoms with Crippen molar-refractivity contribution in [2.75, 3.05) is 5.75 Å². The number of rotatable bonds is 5. The van der Waals surface area contributed by atoms with Crippen molar-refractivity contribution >= 4 is 32.2 Å². The Hall–Kier alpha value is -2.13. The second-order valence-electron chi connectivity index (χ2n) is 5.67. The molecule has 0 N–H and O–H groups in total. The molecule has 0 aliphatic carbocycles. The third kappa shape index (κ3) is 3.21. The molecule has 0 aromatic carbocycles. The maximum atomic E-state index is 12.8. The molecule has 0 unspecified atom stereocenters. The summed E-state index contributed by atoms with van der Waals surface area (Å²) in [6.07, 6.45) is 2.18. The molecule has 3 aromatic heterocycles. The van der Waals surface area contributed by atoms with Crippen LogP contribution in [0.2, 0.25) is 0 Å². The van der Waals surface area contributed by atoms with E-state index in [2.05, 4.69) is 15.2 Å². The molecule has 0 bridgehead atoms. The third-order valence-electron chi connectivity index (χ3n) is 3.78. The molecule has 0 spiro atoms. The fraction of sp³-hybridized carbons (Fsp3) is 0.375. The molecule has 0 saturated carbocycles. The average Bonchev–Trinajstić information content (AvgIpc) is 3.06. The Morgan fingerprint density at radius 1 is 1.20 bits per heavy atom. The number of pyridine rings is 2. The molecule has 3 aromatic rings. The zero-order valence-electron chi connectivity index (χ0n) is 14.2. The SMILES string of the molecule is CCCS(=O)(=O)c1nnc(-c2cn(CC)c3nc(C)ccc3c2=O)s1. The van der Waals surface area contributed by atoms with Crippen LogP contribution in [0.15, 0.2) is 27.5 Å². The summed E-state index contributed by atoms with van der Waals surface area (Å²) in [4.78, 5) is 17.3. The summed E-state index contributed by atoms with van der Waals surface area (Å²) in [6.45, 7) is 6.24. The highest BCUT2D eigenvalue weighted by Crippen LogP contribution is 2.26. The van der Waals surface area contributed by atoms with Gasteiger partial charge in [-0.1, -0.05) is 18.3 Å². The number of sulfone groups is 1. The van der Waals surface area contributed by atoms with Gasteiger partial charge >= 0.3 is 0 Å². The summed E-state index contributed by atoms with van der Waals surface area (Å²) in [5.41, 5.74) is 1.56. The van der Waals surface area contributed by atoms with Crippen LogP contribution in [0.1, 0.15) is 26.0 Å². The fourth-order valence-corrected chi connectivity index (χ4v) is 5.01. The minimum absolute atomic E-state index is 0.0156. The number of aromatic nitrogens is 4. The van der Waals surface area contributed by atoms with E-state index in [0.29, 0.717) is 34.6 Å². The summed E-state index contributed by atoms with van der Waals surface area (Å²) < 4.78 is 26.1. The number of fused-ring (bicyclic) bond motifs is 1. The van der Waals surface area contributed by atoms with Crippen molar-refractivity contribution in [3.8, 4) is 10.6 Å². The van der Waals surface area contributed by atoms with E-state index in [0.717, 1.165) is 17.0 Å². The Balaban J connectivity index is 2.21. The highest BCUT2D eigenvalue weighted by Gasteiger charge is 2.22. The zero-order chi connectivity index (χ0) is 18.2. The summed E-state index contributed by atoms with van der Waals surface area (Å²) in [5.74, 6) is 0.0156. The van der Waals surface area contributed by atoms with Crippen LogP contribution in [0.25, 0.3) is 21.6 Å². The normalized spacial score (nSPS) is 12.0. The van der Waals surface area contributed by atoms with Crippen molar-refractivity contribution < 1.29 is 8.42 Å². The Morgan fingerprint density at radius 3 is 2.64 bits per heavy atom. The van der Waals surface area contributed by atoms with Gasteiger partial charge in [0.15, 0.2) is 5.01 Å². The standard InChI is InChI=1S/C16H18N4O3S2/c1-4-8-25(22,23)16-19-18-15(24-16)12-9-20(5-2)14-11(13(12)21)7-6-10(3)17-14/h6-7,9H,4-5,8H2,1-3H3. The Labute approximate surface area is 149 Å². The molecule has 25 heavy (non-hydrogen) atoms. The van der Waals surface area contributed by atoms with Crippen LogP contribution in [0.3, 0.4) is 0 Å². The number of aryl methyl sites for hydroxylation is 2. The van der Waals surface area contributed by atoms with Crippen molar-refractivity contribution in [1.82, 2.24) is 19.7 Å². The molecule has 0 aliphatic heterocycles. The van der Waals surface area contributed by atoms with Gasteiger partial charge < -0.3 is 4.57 Å². The van der Waals surface area contributed by atoms with Crippen LogP contribution in [0.5, 0.6) is 0 Å². The van der Waals surface area contributed by atoms with E-state index in [1.807, 2.05) is 18.4 Å². The summed E-state index contributed by atoms with van der Waals surface area (Å²) in [6, 6.07) is 3.52. The maximum absolute atomic E-state index is 12.8. The molecule has 3 heterocycles. The van der Waals surface area contributed by atoms with Gasteiger partial charge in [0.2, 0.25) is 19.6 Å². The summed E-state index contributed by atoms with van der Waals surface area (Å²) >= 11 is 0.934. The lowest BCUT2D eigenvalue weighted by atomic mass is 10.2. The van der Waals surface area contributed by atoms with Gasteiger partial charge in [-0.15, -0.1) is 10.2 Å². The number of hydrogen-bond donors (Lipinski definition) is 0. The minimum Gasteiger partial charge on any atom is -0.332 e. The van der Waals surface area contributed by atoms with Crippen molar-refractivity contribution in [3.63, 3.8) is 0 Å². The molecular formula is C16H18N4O3S2. The van der Waals surface area contributed by atoms with Gasteiger partial charge in [-0.25, -0.2) is 13.4 Å². The Bertz CT molecular complexity index is 1100. The van der Waals surface area contributed by atoms with Crippen molar-refractivity contribution in [1.29, 1.82) is 0 Å². The third-order valence-corrected chi connectivity index (χ3v) is 7.10. The van der Waals surface area contributed by atoms with Crippen LogP contribution in [-0.4, -0.2) is 33.9 Å². The van der Waals surface area contributed by atoms with E-state index in [9.17, 15) is 13.2 Å². The second kappa shape index (κ2) is 6.64. The first kappa shape index (κ1) is 17.7. The van der Waals surface area contributed by atoms with E-state index in [-0.39, 0.29) is 15.5 Å². The largest absolute Gasteiger partial charge is 0.332 e. The van der Waals surface area contributed by atoms with Crippen molar-refractivity contribution in [2.24, 2.45) is 0 Å². The van der Waals surface area contributed by atoms with Gasteiger partial charge in [-0.05, 0) is 32.4 Å². The van der Waals surface area contributed by atoms with Gasteiger partial charge in [0.05, 0.1) is 16.7 Å². The molecule has 0 fully saturated rings. The highest BCUT2D eigenvalue weighted by molar-refractivity contribution is 7.93. The van der Waals surface area contributed by atoms with Crippen LogP contribution in [-0.2, 0) is 16.4 Å². The van der Waals surface area contributed by atoms with Gasteiger partial charge in [0, 0.05) is 18.4 Å². The Kier molecular flexibility index (Phi) is 4.70. The molecule has 132 valence electrons. The van der Waals surface area contributed by atoms with Gasteiger partial charge in [-0.3, -0.25) is 4.79 Å². The highest BCUT2D eigenvalue weighted by atomic mass is 32.2. The lowest BCUT2D eigenvalue weighted by molar-refractivity contribution is 0.592. The van der Waals surface area contributed by atoms with E-state index >= 15 is 0 Å². The van der Waals surface area contributed by atoms with E-state index in [4.69, 9.17) is 0 Å². The maximum Gasteiger partial charge on any atom is 0.232 e. The van der Waals surface area contributed by atoms with Crippen LogP contribution in [0.4, 0.5) is 0 Å². The molecule has 7 nitrogen and oxygen atoms in total. The Morgan fingerprint density at radius 2 is 1.96 bits per heavy atom. The lowest BCUT2D eigenvalue weighted by Gasteiger charge is -2.09. The molecule has 3 rings (SSSR count). The van der Waals surface area contributed by atoms with E-state index < -0.39 is 9.84 Å². The lowest BCUT2D eigenvalue weighted by Crippen LogP contribution is -2.13. The van der Waals surface area contributed by atoms with Crippen LogP contribution in [0, 0.1) is 6.92 Å². The monoisotopic (exact) mass is 378 g/mol. The molecule has 0 amide bonds. The summed E-state index contributed by atoms with van der Waals surface area (Å²) in [5, 5.41) is 8.54. The molecular weight excluding hydrogens is 360 g/mol. The van der Waals surface area contributed by atoms with Gasteiger partial charge in [-0.2, -0.15) is 0 Å². The molecule has 9 heteroatoms. The summed E-state index contributed by atoms with van der Waals surface area (Å²) in [7, 11) is -3.45. The molecule has 0 saturated heterocycles. The van der Waals surface area contributed by atoms with E-state index in [1.54, 1.807) is 25.3 Å². The topological polar surface area (TPSA) is 94.8 Å². The van der Waals surface area contributed by atoms with Crippen LogP contribution >= 0.6 is 11.3 Å². The number of hydrogen-bond acceptors (Lipinski definition) is 7. The van der Waals surface area contributed by atoms with Gasteiger partial charge in [0.25, 0.3) is 0 Å². The minimum atomic E-state index is -3.45. The van der Waals surface area contributed by atoms with Crippen molar-refractivity contribution in [2.45, 2.75) is 38.1 Å². The molecule has 0 radical (unpaired) electrons. The fourth-order valence-electron chi connectivity index (χ4n) is 2.55. The smallest absolute Gasteiger partial charge is 0.232 e. The second-order valence-corrected chi connectivity index (χ2v) is 8.93. The first-order valence-electron chi connectivity index (χ1n) is 7.94. The van der Waals surface area contributed by atoms with Crippen molar-refractivity contribution in [3.05, 3.63) is 34.2 Å². The number of nitrogens with zero attached hydrogens (tertiary/aromatic N) is 4. The predicted octanol–water partition coefficient (Wildman–Crippen LogP) is 2.43. The predicted molar refractivity (Wildman–Crippen MR) is 97.7 cm³/mol. The quantitative estimate of drug-likeness (QED) is 0.677. The van der Waals surface area contributed by atoms with E-state index in [1.165, 1.54) is 0 Å². The first-order valence-corrected chi connectivity index (χ1v) is 10.4. The molecule has 0 atom stereocenters. The zero-order valence-corrected chi connectivity index (χ0v) is 15.8. The average molecular weight is 378 g/mol. The first-order chi connectivity index (χ1) is 11.9. The van der Waals surface area contributed by atoms with Gasteiger partial charge in [0.1, 0.15) is 5.65 Å². The van der Waals surface area contributed by atoms with Crippen LogP contribution < -0.4 is 5.43 Å².